The largest absolute Gasteiger partial charge is 0.496 e. The van der Waals surface area contributed by atoms with Gasteiger partial charge >= 0.3 is 0 Å². The Morgan fingerprint density at radius 3 is 2.55 bits per heavy atom. The van der Waals surface area contributed by atoms with Crippen molar-refractivity contribution >= 4 is 5.82 Å². The molecule has 0 saturated heterocycles. The Bertz CT molecular complexity index is 596. The van der Waals surface area contributed by atoms with Gasteiger partial charge in [0.1, 0.15) is 11.4 Å². The topological polar surface area (TPSA) is 47.0 Å². The van der Waals surface area contributed by atoms with Gasteiger partial charge in [0.05, 0.1) is 7.11 Å². The summed E-state index contributed by atoms with van der Waals surface area (Å²) in [5, 5.41) is 3.33. The summed E-state index contributed by atoms with van der Waals surface area (Å²) in [6.45, 7) is 7.12. The third-order valence-electron chi connectivity index (χ3n) is 3.24. The summed E-state index contributed by atoms with van der Waals surface area (Å²) in [7, 11) is 1.69. The molecule has 0 amide bonds. The molecular formula is C16H21N3O. The highest BCUT2D eigenvalue weighted by Crippen LogP contribution is 2.31. The molecular weight excluding hydrogens is 250 g/mol. The van der Waals surface area contributed by atoms with E-state index in [1.807, 2.05) is 13.0 Å². The number of hydrogen-bond acceptors (Lipinski definition) is 4. The van der Waals surface area contributed by atoms with E-state index in [1.165, 1.54) is 0 Å². The van der Waals surface area contributed by atoms with E-state index in [9.17, 15) is 0 Å². The molecule has 20 heavy (non-hydrogen) atoms. The summed E-state index contributed by atoms with van der Waals surface area (Å²) in [6, 6.07) is 4.15. The van der Waals surface area contributed by atoms with Crippen LogP contribution in [-0.4, -0.2) is 23.6 Å². The number of nitrogens with one attached hydrogen (secondary N) is 1. The van der Waals surface area contributed by atoms with Crippen LogP contribution in [0.2, 0.25) is 0 Å². The van der Waals surface area contributed by atoms with E-state index < -0.39 is 0 Å². The molecule has 0 radical (unpaired) electrons. The first-order chi connectivity index (χ1) is 9.67. The summed E-state index contributed by atoms with van der Waals surface area (Å²) in [5.74, 6) is 1.74. The van der Waals surface area contributed by atoms with E-state index in [-0.39, 0.29) is 0 Å². The van der Waals surface area contributed by atoms with Crippen LogP contribution >= 0.6 is 0 Å². The number of hydrogen-bond donors (Lipinski definition) is 1. The molecule has 0 aliphatic rings. The smallest absolute Gasteiger partial charge is 0.152 e. The Kier molecular flexibility index (Phi) is 4.56. The van der Waals surface area contributed by atoms with Gasteiger partial charge in [-0.15, -0.1) is 0 Å². The fourth-order valence-corrected chi connectivity index (χ4v) is 2.17. The van der Waals surface area contributed by atoms with Gasteiger partial charge < -0.3 is 10.1 Å². The predicted octanol–water partition coefficient (Wildman–Crippen LogP) is 3.59. The van der Waals surface area contributed by atoms with Crippen LogP contribution in [0.5, 0.6) is 5.75 Å². The van der Waals surface area contributed by atoms with Crippen molar-refractivity contribution in [1.29, 1.82) is 0 Å². The van der Waals surface area contributed by atoms with E-state index in [0.717, 1.165) is 46.9 Å². The molecule has 0 atom stereocenters. The summed E-state index contributed by atoms with van der Waals surface area (Å²) in [5.41, 5.74) is 4.21. The minimum Gasteiger partial charge on any atom is -0.496 e. The standard InChI is InChI=1S/C16H21N3O/c1-5-6-18-16-15(17-7-8-19-16)13-9-12(3)14(20-4)10-11(13)2/h7-10H,5-6H2,1-4H3,(H,18,19). The van der Waals surface area contributed by atoms with Crippen LogP contribution in [0.3, 0.4) is 0 Å². The lowest BCUT2D eigenvalue weighted by atomic mass is 10.0. The molecule has 1 N–H and O–H groups in total. The molecule has 0 bridgehead atoms. The van der Waals surface area contributed by atoms with Crippen LogP contribution in [0, 0.1) is 13.8 Å². The number of methoxy groups -OCH3 is 1. The lowest BCUT2D eigenvalue weighted by Crippen LogP contribution is -2.05. The molecule has 4 heteroatoms. The monoisotopic (exact) mass is 271 g/mol. The first-order valence-electron chi connectivity index (χ1n) is 6.87. The highest BCUT2D eigenvalue weighted by atomic mass is 16.5. The number of rotatable bonds is 5. The normalized spacial score (nSPS) is 10.4. The van der Waals surface area contributed by atoms with Crippen molar-refractivity contribution in [3.05, 3.63) is 35.7 Å². The molecule has 4 nitrogen and oxygen atoms in total. The van der Waals surface area contributed by atoms with Crippen molar-refractivity contribution in [3.63, 3.8) is 0 Å². The van der Waals surface area contributed by atoms with Crippen molar-refractivity contribution in [1.82, 2.24) is 9.97 Å². The van der Waals surface area contributed by atoms with Crippen LogP contribution in [0.1, 0.15) is 24.5 Å². The Morgan fingerprint density at radius 1 is 1.10 bits per heavy atom. The van der Waals surface area contributed by atoms with Gasteiger partial charge in [-0.3, -0.25) is 4.98 Å². The van der Waals surface area contributed by atoms with Crippen molar-refractivity contribution in [3.8, 4) is 17.0 Å². The van der Waals surface area contributed by atoms with Gasteiger partial charge in [-0.2, -0.15) is 0 Å². The first-order valence-corrected chi connectivity index (χ1v) is 6.87. The zero-order chi connectivity index (χ0) is 14.5. The van der Waals surface area contributed by atoms with Gasteiger partial charge in [-0.05, 0) is 43.5 Å². The van der Waals surface area contributed by atoms with Crippen molar-refractivity contribution in [2.24, 2.45) is 0 Å². The van der Waals surface area contributed by atoms with Gasteiger partial charge in [0.25, 0.3) is 0 Å². The van der Waals surface area contributed by atoms with Crippen molar-refractivity contribution < 1.29 is 4.74 Å². The van der Waals surface area contributed by atoms with Crippen molar-refractivity contribution in [2.45, 2.75) is 27.2 Å². The summed E-state index contributed by atoms with van der Waals surface area (Å²) in [4.78, 5) is 8.89. The van der Waals surface area contributed by atoms with Gasteiger partial charge in [-0.1, -0.05) is 6.92 Å². The second kappa shape index (κ2) is 6.37. The SMILES string of the molecule is CCCNc1nccnc1-c1cc(C)c(OC)cc1C. The van der Waals surface area contributed by atoms with E-state index in [0.29, 0.717) is 0 Å². The molecule has 106 valence electrons. The summed E-state index contributed by atoms with van der Waals surface area (Å²) < 4.78 is 5.36. The Balaban J connectivity index is 2.48. The van der Waals surface area contributed by atoms with Crippen LogP contribution < -0.4 is 10.1 Å². The van der Waals surface area contributed by atoms with Crippen LogP contribution in [0.15, 0.2) is 24.5 Å². The maximum atomic E-state index is 5.36. The van der Waals surface area contributed by atoms with Gasteiger partial charge in [-0.25, -0.2) is 4.98 Å². The first kappa shape index (κ1) is 14.3. The Hall–Kier alpha value is -2.10. The number of anilines is 1. The van der Waals surface area contributed by atoms with E-state index in [2.05, 4.69) is 35.2 Å². The molecule has 1 aromatic carbocycles. The predicted molar refractivity (Wildman–Crippen MR) is 82.3 cm³/mol. The zero-order valence-electron chi connectivity index (χ0n) is 12.5. The fourth-order valence-electron chi connectivity index (χ4n) is 2.17. The lowest BCUT2D eigenvalue weighted by Gasteiger charge is -2.14. The molecule has 1 heterocycles. The van der Waals surface area contributed by atoms with Crippen LogP contribution in [0.25, 0.3) is 11.3 Å². The number of aryl methyl sites for hydroxylation is 2. The number of aromatic nitrogens is 2. The van der Waals surface area contributed by atoms with Gasteiger partial charge in [0, 0.05) is 24.5 Å². The van der Waals surface area contributed by atoms with E-state index >= 15 is 0 Å². The zero-order valence-corrected chi connectivity index (χ0v) is 12.5. The number of ether oxygens (including phenoxy) is 1. The van der Waals surface area contributed by atoms with E-state index in [4.69, 9.17) is 4.74 Å². The second-order valence-corrected chi connectivity index (χ2v) is 4.82. The molecule has 2 aromatic rings. The molecule has 0 saturated carbocycles. The molecule has 1 aromatic heterocycles. The fraction of sp³-hybridized carbons (Fsp3) is 0.375. The van der Waals surface area contributed by atoms with Gasteiger partial charge in [0.15, 0.2) is 5.82 Å². The molecule has 0 spiro atoms. The summed E-state index contributed by atoms with van der Waals surface area (Å²) >= 11 is 0. The maximum absolute atomic E-state index is 5.36. The van der Waals surface area contributed by atoms with E-state index in [1.54, 1.807) is 19.5 Å². The average molecular weight is 271 g/mol. The van der Waals surface area contributed by atoms with Crippen molar-refractivity contribution in [2.75, 3.05) is 19.0 Å². The minimum atomic E-state index is 0.835. The third kappa shape index (κ3) is 2.90. The molecule has 0 unspecified atom stereocenters. The highest BCUT2D eigenvalue weighted by molar-refractivity contribution is 5.75. The Labute approximate surface area is 120 Å². The summed E-state index contributed by atoms with van der Waals surface area (Å²) in [6.07, 6.45) is 4.50. The number of nitrogens with zero attached hydrogens (tertiary/aromatic N) is 2. The van der Waals surface area contributed by atoms with Crippen LogP contribution in [-0.2, 0) is 0 Å². The average Bonchev–Trinajstić information content (AvgIpc) is 2.47. The second-order valence-electron chi connectivity index (χ2n) is 4.82. The molecule has 0 fully saturated rings. The lowest BCUT2D eigenvalue weighted by molar-refractivity contribution is 0.411. The Morgan fingerprint density at radius 2 is 1.85 bits per heavy atom. The number of benzene rings is 1. The van der Waals surface area contributed by atoms with Crippen LogP contribution in [0.4, 0.5) is 5.82 Å². The molecule has 0 aliphatic carbocycles. The molecule has 0 aliphatic heterocycles. The maximum Gasteiger partial charge on any atom is 0.152 e. The van der Waals surface area contributed by atoms with Gasteiger partial charge in [0.2, 0.25) is 0 Å². The minimum absolute atomic E-state index is 0.835. The quantitative estimate of drug-likeness (QED) is 0.902. The third-order valence-corrected chi connectivity index (χ3v) is 3.24. The highest BCUT2D eigenvalue weighted by Gasteiger charge is 2.12. The molecule has 2 rings (SSSR count).